The molecule has 1 amide bonds. The van der Waals surface area contributed by atoms with E-state index in [0.29, 0.717) is 29.4 Å². The van der Waals surface area contributed by atoms with E-state index < -0.39 is 16.0 Å². The minimum absolute atomic E-state index is 0.0489. The number of nitrogens with zero attached hydrogens (tertiary/aromatic N) is 2. The first kappa shape index (κ1) is 26.5. The molecule has 4 rings (SSSR count). The number of aliphatic hydroxyl groups is 1. The maximum atomic E-state index is 12.1. The summed E-state index contributed by atoms with van der Waals surface area (Å²) in [7, 11) is 0. The highest BCUT2D eigenvalue weighted by Gasteiger charge is 2.34. The summed E-state index contributed by atoms with van der Waals surface area (Å²) in [6.07, 6.45) is 0.696. The lowest BCUT2D eigenvalue weighted by molar-refractivity contribution is -0.252. The van der Waals surface area contributed by atoms with Crippen LogP contribution in [-0.2, 0) is 27.4 Å². The Hall–Kier alpha value is -1.55. The molecule has 12 heteroatoms. The van der Waals surface area contributed by atoms with Gasteiger partial charge in [-0.25, -0.2) is 4.98 Å². The topological polar surface area (TPSA) is 85.6 Å². The molecule has 3 unspecified atom stereocenters. The van der Waals surface area contributed by atoms with Gasteiger partial charge in [-0.2, -0.15) is 0 Å². The first-order valence-electron chi connectivity index (χ1n) is 10.5. The van der Waals surface area contributed by atoms with Crippen LogP contribution in [0.2, 0.25) is 10.3 Å². The number of rotatable bonds is 6. The summed E-state index contributed by atoms with van der Waals surface area (Å²) in [4.78, 5) is 16.1. The monoisotopic (exact) mass is 577 g/mol. The van der Waals surface area contributed by atoms with E-state index in [9.17, 15) is 9.90 Å². The van der Waals surface area contributed by atoms with Gasteiger partial charge in [0.25, 0.3) is 9.70 Å². The van der Waals surface area contributed by atoms with Crippen molar-refractivity contribution < 1.29 is 19.4 Å². The highest BCUT2D eigenvalue weighted by atomic mass is 35.6. The minimum atomic E-state index is -2.10. The van der Waals surface area contributed by atoms with E-state index in [1.54, 1.807) is 29.1 Å². The van der Waals surface area contributed by atoms with Crippen LogP contribution >= 0.6 is 58.0 Å². The number of carbonyl (C=O) groups is 1. The number of hydrogen-bond acceptors (Lipinski definition) is 5. The van der Waals surface area contributed by atoms with Gasteiger partial charge >= 0.3 is 0 Å². The molecule has 3 aromatic rings. The van der Waals surface area contributed by atoms with Crippen LogP contribution in [0.5, 0.6) is 0 Å². The number of imidazole rings is 1. The van der Waals surface area contributed by atoms with Gasteiger partial charge < -0.3 is 24.5 Å². The smallest absolute Gasteiger partial charge is 0.276 e. The number of nitrogens with one attached hydrogen (secondary N) is 1. The third-order valence-electron chi connectivity index (χ3n) is 5.42. The first-order valence-corrected chi connectivity index (χ1v) is 12.4. The van der Waals surface area contributed by atoms with E-state index in [0.717, 1.165) is 11.1 Å². The van der Waals surface area contributed by atoms with Crippen LogP contribution in [0.4, 0.5) is 5.69 Å². The van der Waals surface area contributed by atoms with Gasteiger partial charge in [-0.1, -0.05) is 94.4 Å². The Morgan fingerprint density at radius 1 is 1.11 bits per heavy atom. The van der Waals surface area contributed by atoms with Crippen molar-refractivity contribution in [3.63, 3.8) is 0 Å². The molecule has 1 aromatic heterocycles. The van der Waals surface area contributed by atoms with Crippen molar-refractivity contribution in [1.29, 1.82) is 0 Å². The molecular weight excluding hydrogens is 560 g/mol. The van der Waals surface area contributed by atoms with Crippen molar-refractivity contribution in [3.8, 4) is 0 Å². The van der Waals surface area contributed by atoms with Crippen LogP contribution < -0.4 is 5.32 Å². The Morgan fingerprint density at radius 3 is 2.49 bits per heavy atom. The van der Waals surface area contributed by atoms with Gasteiger partial charge in [0.1, 0.15) is 5.15 Å². The Balaban J connectivity index is 1.60. The van der Waals surface area contributed by atoms with Crippen molar-refractivity contribution in [2.75, 3.05) is 5.32 Å². The quantitative estimate of drug-likeness (QED) is 0.338. The number of alkyl halides is 3. The van der Waals surface area contributed by atoms with E-state index in [4.69, 9.17) is 67.5 Å². The molecule has 2 heterocycles. The second-order valence-corrected chi connectivity index (χ2v) is 10.9. The lowest BCUT2D eigenvalue weighted by Crippen LogP contribution is -2.32. The molecule has 1 fully saturated rings. The Labute approximate surface area is 226 Å². The number of ether oxygens (including phenoxy) is 2. The summed E-state index contributed by atoms with van der Waals surface area (Å²) in [5.41, 5.74) is 2.80. The average molecular weight is 580 g/mol. The highest BCUT2D eigenvalue weighted by Crippen LogP contribution is 2.39. The fourth-order valence-corrected chi connectivity index (χ4v) is 4.14. The molecule has 3 atom stereocenters. The maximum Gasteiger partial charge on any atom is 0.276 e. The number of hydrogen-bond donors (Lipinski definition) is 2. The standard InChI is InChI=1S/C23H20Cl5N3O4/c24-19-20(25)31(12-29-19)10-17-9-18(14-6-4-13(11-32)5-7-14)35-21(34-17)15-2-1-3-16(8-15)30-22(33)23(26,27)28/h1-8,12,17-18,21,32H,9-11H2,(H,30,33). The van der Waals surface area contributed by atoms with Gasteiger partial charge in [0.2, 0.25) is 0 Å². The second kappa shape index (κ2) is 11.2. The number of aromatic nitrogens is 2. The lowest BCUT2D eigenvalue weighted by Gasteiger charge is -2.36. The summed E-state index contributed by atoms with van der Waals surface area (Å²) in [5.74, 6) is -0.781. The van der Waals surface area contributed by atoms with Gasteiger partial charge in [0.15, 0.2) is 11.4 Å². The normalized spacial score (nSPS) is 20.6. The van der Waals surface area contributed by atoms with Gasteiger partial charge in [-0.05, 0) is 23.3 Å². The van der Waals surface area contributed by atoms with E-state index >= 15 is 0 Å². The predicted octanol–water partition coefficient (Wildman–Crippen LogP) is 6.24. The van der Waals surface area contributed by atoms with Crippen LogP contribution in [0.3, 0.4) is 0 Å². The number of halogens is 5. The van der Waals surface area contributed by atoms with Crippen LogP contribution in [0.1, 0.15) is 35.5 Å². The maximum absolute atomic E-state index is 12.1. The third kappa shape index (κ3) is 6.61. The Morgan fingerprint density at radius 2 is 1.86 bits per heavy atom. The molecule has 186 valence electrons. The van der Waals surface area contributed by atoms with Crippen molar-refractivity contribution >= 4 is 69.6 Å². The molecular formula is C23H20Cl5N3O4. The summed E-state index contributed by atoms with van der Waals surface area (Å²) in [6, 6.07) is 14.4. The molecule has 35 heavy (non-hydrogen) atoms. The zero-order valence-electron chi connectivity index (χ0n) is 18.0. The fraction of sp³-hybridized carbons (Fsp3) is 0.304. The zero-order valence-corrected chi connectivity index (χ0v) is 21.8. The molecule has 0 bridgehead atoms. The van der Waals surface area contributed by atoms with E-state index in [2.05, 4.69) is 10.3 Å². The van der Waals surface area contributed by atoms with E-state index in [1.807, 2.05) is 30.3 Å². The van der Waals surface area contributed by atoms with Crippen LogP contribution in [0.25, 0.3) is 0 Å². The molecule has 0 saturated carbocycles. The largest absolute Gasteiger partial charge is 0.392 e. The number of carbonyl (C=O) groups excluding carboxylic acids is 1. The molecule has 2 N–H and O–H groups in total. The molecule has 2 aromatic carbocycles. The van der Waals surface area contributed by atoms with Crippen LogP contribution in [0.15, 0.2) is 54.9 Å². The summed E-state index contributed by atoms with van der Waals surface area (Å²) < 4.78 is 12.2. The molecule has 1 saturated heterocycles. The number of benzene rings is 2. The first-order chi connectivity index (χ1) is 16.6. The number of anilines is 1. The third-order valence-corrected chi connectivity index (χ3v) is 6.71. The van der Waals surface area contributed by atoms with Gasteiger partial charge in [-0.15, -0.1) is 0 Å². The SMILES string of the molecule is O=C(Nc1cccc(C2OC(Cn3cnc(Cl)c3Cl)CC(c3ccc(CO)cc3)O2)c1)C(Cl)(Cl)Cl. The minimum Gasteiger partial charge on any atom is -0.392 e. The molecule has 0 spiro atoms. The van der Waals surface area contributed by atoms with Gasteiger partial charge in [0.05, 0.1) is 31.7 Å². The zero-order chi connectivity index (χ0) is 25.2. The van der Waals surface area contributed by atoms with E-state index in [-0.39, 0.29) is 24.0 Å². The molecule has 1 aliphatic rings. The Bertz CT molecular complexity index is 1180. The number of aliphatic hydroxyl groups excluding tert-OH is 1. The summed E-state index contributed by atoms with van der Waals surface area (Å²) in [6.45, 7) is 0.347. The highest BCUT2D eigenvalue weighted by molar-refractivity contribution is 6.76. The Kier molecular flexibility index (Phi) is 8.51. The fourth-order valence-electron chi connectivity index (χ4n) is 3.69. The number of amides is 1. The molecule has 7 nitrogen and oxygen atoms in total. The van der Waals surface area contributed by atoms with Gasteiger partial charge in [0, 0.05) is 17.7 Å². The van der Waals surface area contributed by atoms with Crippen LogP contribution in [0, 0.1) is 0 Å². The predicted molar refractivity (Wildman–Crippen MR) is 136 cm³/mol. The molecule has 0 aliphatic carbocycles. The summed E-state index contributed by atoms with van der Waals surface area (Å²) in [5, 5.41) is 12.5. The second-order valence-electron chi connectivity index (χ2n) is 7.91. The lowest BCUT2D eigenvalue weighted by atomic mass is 10.00. The van der Waals surface area contributed by atoms with Gasteiger partial charge in [-0.3, -0.25) is 4.79 Å². The van der Waals surface area contributed by atoms with Crippen molar-refractivity contribution in [1.82, 2.24) is 9.55 Å². The average Bonchev–Trinajstić information content (AvgIpc) is 3.15. The van der Waals surface area contributed by atoms with Crippen molar-refractivity contribution in [3.05, 3.63) is 81.9 Å². The summed E-state index contributed by atoms with van der Waals surface area (Å²) >= 11 is 29.3. The molecule has 0 radical (unpaired) electrons. The van der Waals surface area contributed by atoms with Crippen LogP contribution in [-0.4, -0.2) is 30.5 Å². The molecule has 1 aliphatic heterocycles. The van der Waals surface area contributed by atoms with Crippen molar-refractivity contribution in [2.45, 2.75) is 41.9 Å². The van der Waals surface area contributed by atoms with E-state index in [1.165, 1.54) is 0 Å². The van der Waals surface area contributed by atoms with Crippen molar-refractivity contribution in [2.24, 2.45) is 0 Å².